The van der Waals surface area contributed by atoms with Crippen molar-refractivity contribution in [3.05, 3.63) is 58.5 Å². The first-order valence-corrected chi connectivity index (χ1v) is 8.93. The Labute approximate surface area is 161 Å². The number of nitrogens with one attached hydrogen (secondary N) is 1. The Morgan fingerprint density at radius 3 is 2.74 bits per heavy atom. The number of hydrogen-bond acceptors (Lipinski definition) is 5. The molecule has 3 rings (SSSR count). The van der Waals surface area contributed by atoms with Gasteiger partial charge in [-0.15, -0.1) is 0 Å². The van der Waals surface area contributed by atoms with Gasteiger partial charge in [0.1, 0.15) is 17.8 Å². The van der Waals surface area contributed by atoms with Crippen LogP contribution in [-0.2, 0) is 11.3 Å². The zero-order chi connectivity index (χ0) is 19.2. The van der Waals surface area contributed by atoms with Gasteiger partial charge in [0.2, 0.25) is 0 Å². The molecule has 1 aromatic carbocycles. The van der Waals surface area contributed by atoms with Crippen molar-refractivity contribution in [2.24, 2.45) is 0 Å². The molecule has 0 aliphatic carbocycles. The Morgan fingerprint density at radius 1 is 1.37 bits per heavy atom. The summed E-state index contributed by atoms with van der Waals surface area (Å²) in [4.78, 5) is 17.7. The van der Waals surface area contributed by atoms with E-state index in [2.05, 4.69) is 10.3 Å². The highest BCUT2D eigenvalue weighted by molar-refractivity contribution is 6.30. The molecule has 1 aliphatic rings. The first-order valence-electron chi connectivity index (χ1n) is 8.55. The minimum atomic E-state index is -0.624. The molecule has 140 valence electrons. The molecule has 0 spiro atoms. The van der Waals surface area contributed by atoms with Crippen LogP contribution in [0.3, 0.4) is 0 Å². The van der Waals surface area contributed by atoms with Crippen LogP contribution in [0.15, 0.2) is 36.4 Å². The minimum absolute atomic E-state index is 0.00398. The molecular formula is C19H18ClFN4O2. The van der Waals surface area contributed by atoms with Crippen LogP contribution in [0, 0.1) is 17.1 Å². The molecule has 0 unspecified atom stereocenters. The van der Waals surface area contributed by atoms with Crippen LogP contribution in [0.4, 0.5) is 15.0 Å². The number of rotatable bonds is 4. The Morgan fingerprint density at radius 2 is 2.07 bits per heavy atom. The average Bonchev–Trinajstić information content (AvgIpc) is 2.70. The van der Waals surface area contributed by atoms with Gasteiger partial charge in [-0.3, -0.25) is 0 Å². The lowest BCUT2D eigenvalue weighted by molar-refractivity contribution is 0.0881. The summed E-state index contributed by atoms with van der Waals surface area (Å²) in [5.41, 5.74) is 0.928. The minimum Gasteiger partial charge on any atom is -0.445 e. The number of ether oxygens (including phenoxy) is 1. The molecule has 2 aromatic rings. The highest BCUT2D eigenvalue weighted by Crippen LogP contribution is 2.22. The van der Waals surface area contributed by atoms with E-state index in [0.29, 0.717) is 25.9 Å². The number of carbonyl (C=O) groups excluding carboxylic acids is 1. The number of benzene rings is 1. The number of hydrogen-bond donors (Lipinski definition) is 1. The van der Waals surface area contributed by atoms with E-state index < -0.39 is 5.82 Å². The molecule has 0 bridgehead atoms. The lowest BCUT2D eigenvalue weighted by Gasteiger charge is -2.32. The summed E-state index contributed by atoms with van der Waals surface area (Å²) in [5, 5.41) is 11.8. The number of halogens is 2. The molecule has 1 N–H and O–H groups in total. The molecule has 0 atom stereocenters. The van der Waals surface area contributed by atoms with Crippen LogP contribution in [0.2, 0.25) is 5.15 Å². The van der Waals surface area contributed by atoms with E-state index in [1.807, 2.05) is 30.3 Å². The van der Waals surface area contributed by atoms with Gasteiger partial charge in [-0.05, 0) is 24.5 Å². The van der Waals surface area contributed by atoms with Crippen molar-refractivity contribution in [3.8, 4) is 6.07 Å². The monoisotopic (exact) mass is 388 g/mol. The van der Waals surface area contributed by atoms with Gasteiger partial charge in [0.05, 0.1) is 5.56 Å². The lowest BCUT2D eigenvalue weighted by Crippen LogP contribution is -2.42. The third-order valence-corrected chi connectivity index (χ3v) is 4.64. The van der Waals surface area contributed by atoms with Crippen LogP contribution in [0.1, 0.15) is 24.0 Å². The highest BCUT2D eigenvalue weighted by atomic mass is 35.5. The zero-order valence-corrected chi connectivity index (χ0v) is 15.2. The second kappa shape index (κ2) is 8.69. The second-order valence-corrected chi connectivity index (χ2v) is 6.57. The van der Waals surface area contributed by atoms with E-state index in [9.17, 15) is 9.18 Å². The fraction of sp³-hybridized carbons (Fsp3) is 0.316. The van der Waals surface area contributed by atoms with Crippen molar-refractivity contribution in [1.29, 1.82) is 5.26 Å². The number of anilines is 1. The van der Waals surface area contributed by atoms with Crippen LogP contribution in [0.5, 0.6) is 0 Å². The molecule has 0 radical (unpaired) electrons. The van der Waals surface area contributed by atoms with Crippen LogP contribution >= 0.6 is 11.6 Å². The van der Waals surface area contributed by atoms with E-state index in [1.165, 1.54) is 0 Å². The number of nitrogens with zero attached hydrogens (tertiary/aromatic N) is 3. The topological polar surface area (TPSA) is 78.2 Å². The predicted octanol–water partition coefficient (Wildman–Crippen LogP) is 3.96. The van der Waals surface area contributed by atoms with Gasteiger partial charge >= 0.3 is 6.09 Å². The maximum Gasteiger partial charge on any atom is 0.410 e. The smallest absolute Gasteiger partial charge is 0.410 e. The normalized spacial score (nSPS) is 14.5. The van der Waals surface area contributed by atoms with E-state index in [-0.39, 0.29) is 35.3 Å². The molecule has 1 fully saturated rings. The number of nitriles is 1. The van der Waals surface area contributed by atoms with E-state index >= 15 is 0 Å². The Bertz CT molecular complexity index is 849. The summed E-state index contributed by atoms with van der Waals surface area (Å²) in [6, 6.07) is 12.3. The summed E-state index contributed by atoms with van der Waals surface area (Å²) < 4.78 is 19.3. The summed E-state index contributed by atoms with van der Waals surface area (Å²) in [7, 11) is 0. The van der Waals surface area contributed by atoms with E-state index in [0.717, 1.165) is 11.6 Å². The number of carbonyl (C=O) groups is 1. The molecule has 1 saturated heterocycles. The van der Waals surface area contributed by atoms with Crippen LogP contribution in [-0.4, -0.2) is 35.1 Å². The van der Waals surface area contributed by atoms with Gasteiger partial charge in [-0.25, -0.2) is 14.2 Å². The molecule has 27 heavy (non-hydrogen) atoms. The predicted molar refractivity (Wildman–Crippen MR) is 98.8 cm³/mol. The number of piperidine rings is 1. The Kier molecular flexibility index (Phi) is 6.09. The number of likely N-dealkylation sites (tertiary alicyclic amines) is 1. The Hall–Kier alpha value is -2.85. The van der Waals surface area contributed by atoms with Crippen LogP contribution < -0.4 is 5.32 Å². The fourth-order valence-electron chi connectivity index (χ4n) is 2.86. The molecule has 1 aliphatic heterocycles. The van der Waals surface area contributed by atoms with E-state index in [4.69, 9.17) is 21.6 Å². The molecule has 0 saturated carbocycles. The molecule has 1 amide bonds. The van der Waals surface area contributed by atoms with Gasteiger partial charge in [0, 0.05) is 19.1 Å². The van der Waals surface area contributed by atoms with Gasteiger partial charge in [-0.1, -0.05) is 41.9 Å². The summed E-state index contributed by atoms with van der Waals surface area (Å²) in [6.45, 7) is 1.23. The van der Waals surface area contributed by atoms with Crippen LogP contribution in [0.25, 0.3) is 0 Å². The summed E-state index contributed by atoms with van der Waals surface area (Å²) in [5.74, 6) is -0.607. The SMILES string of the molecule is N#Cc1cc(F)c(NC2CCN(C(=O)OCc3ccccc3)CC2)nc1Cl. The highest BCUT2D eigenvalue weighted by Gasteiger charge is 2.25. The lowest BCUT2D eigenvalue weighted by atomic mass is 10.1. The van der Waals surface area contributed by atoms with Gasteiger partial charge < -0.3 is 15.0 Å². The molecule has 6 nitrogen and oxygen atoms in total. The fourth-order valence-corrected chi connectivity index (χ4v) is 3.04. The zero-order valence-electron chi connectivity index (χ0n) is 14.5. The average molecular weight is 389 g/mol. The number of aromatic nitrogens is 1. The third kappa shape index (κ3) is 4.86. The van der Waals surface area contributed by atoms with Gasteiger partial charge in [0.15, 0.2) is 11.6 Å². The first kappa shape index (κ1) is 18.9. The summed E-state index contributed by atoms with van der Waals surface area (Å²) >= 11 is 5.86. The van der Waals surface area contributed by atoms with Crippen molar-refractivity contribution < 1.29 is 13.9 Å². The molecule has 1 aromatic heterocycles. The molecule has 2 heterocycles. The summed E-state index contributed by atoms with van der Waals surface area (Å²) in [6.07, 6.45) is 0.890. The van der Waals surface area contributed by atoms with Crippen molar-refractivity contribution in [3.63, 3.8) is 0 Å². The van der Waals surface area contributed by atoms with Crippen molar-refractivity contribution in [2.45, 2.75) is 25.5 Å². The largest absolute Gasteiger partial charge is 0.445 e. The maximum absolute atomic E-state index is 14.0. The molecular weight excluding hydrogens is 371 g/mol. The quantitative estimate of drug-likeness (QED) is 0.802. The van der Waals surface area contributed by atoms with E-state index in [1.54, 1.807) is 11.0 Å². The van der Waals surface area contributed by atoms with Crippen molar-refractivity contribution >= 4 is 23.5 Å². The standard InChI is InChI=1S/C19H18ClFN4O2/c20-17-14(11-22)10-16(21)18(24-17)23-15-6-8-25(9-7-15)19(26)27-12-13-4-2-1-3-5-13/h1-5,10,15H,6-9,12H2,(H,23,24). The second-order valence-electron chi connectivity index (χ2n) is 6.21. The third-order valence-electron chi connectivity index (χ3n) is 4.35. The number of pyridine rings is 1. The van der Waals surface area contributed by atoms with Gasteiger partial charge in [0.25, 0.3) is 0 Å². The maximum atomic E-state index is 14.0. The Balaban J connectivity index is 1.49. The van der Waals surface area contributed by atoms with Gasteiger partial charge in [-0.2, -0.15) is 5.26 Å². The number of amides is 1. The van der Waals surface area contributed by atoms with Crippen molar-refractivity contribution in [2.75, 3.05) is 18.4 Å². The first-order chi connectivity index (χ1) is 13.1. The van der Waals surface area contributed by atoms with Crippen molar-refractivity contribution in [1.82, 2.24) is 9.88 Å². The molecule has 8 heteroatoms.